The molecule has 0 aromatic heterocycles. The standard InChI is InChI=1S/C40H59NO10/c1-19-11-25-5-7-29-20(2)12-27(44-29)9-10-40-17-34-36(50-40)37-38(49-34)39(51-40)35-30(48-37)8-6-26(46-35)13-23(42)14-28-22(4)31(15-24(43)18-41)47-33(28)16-32(45-25)21(19)3/h19,22,24-39,43H,2-3,5-18,41H2,1,4H3/t19-,22-,24-,25?,26?,27?,28-,29+,30+,31-,32-,33?,34-,35+,36?,37+,38-,39+,40+/m1/s1. The average Bonchev–Trinajstić information content (AvgIpc) is 3.77. The van der Waals surface area contributed by atoms with Gasteiger partial charge in [0.05, 0.1) is 61.0 Å². The summed E-state index contributed by atoms with van der Waals surface area (Å²) in [7, 11) is 0. The van der Waals surface area contributed by atoms with Crippen LogP contribution in [0.4, 0.5) is 0 Å². The Kier molecular flexibility index (Phi) is 9.59. The third-order valence-electron chi connectivity index (χ3n) is 14.2. The second-order valence-electron chi connectivity index (χ2n) is 17.6. The van der Waals surface area contributed by atoms with Crippen molar-refractivity contribution in [3.8, 4) is 0 Å². The lowest BCUT2D eigenvalue weighted by Crippen LogP contribution is -2.61. The first-order valence-corrected chi connectivity index (χ1v) is 20.1. The van der Waals surface area contributed by atoms with Crippen molar-refractivity contribution in [2.75, 3.05) is 6.54 Å². The third kappa shape index (κ3) is 6.53. The molecule has 0 aliphatic carbocycles. The summed E-state index contributed by atoms with van der Waals surface area (Å²) in [5.41, 5.74) is 8.06. The van der Waals surface area contributed by atoms with Gasteiger partial charge in [-0.1, -0.05) is 27.0 Å². The molecule has 284 valence electrons. The van der Waals surface area contributed by atoms with Crippen molar-refractivity contribution in [3.05, 3.63) is 24.3 Å². The topological polar surface area (TPSA) is 137 Å². The van der Waals surface area contributed by atoms with Crippen LogP contribution in [0, 0.1) is 17.8 Å². The van der Waals surface area contributed by atoms with Gasteiger partial charge in [0.15, 0.2) is 5.79 Å². The van der Waals surface area contributed by atoms with E-state index in [0.717, 1.165) is 56.1 Å². The maximum Gasteiger partial charge on any atom is 0.172 e. The van der Waals surface area contributed by atoms with Crippen LogP contribution in [0.3, 0.4) is 0 Å². The quantitative estimate of drug-likeness (QED) is 0.410. The van der Waals surface area contributed by atoms with Crippen molar-refractivity contribution in [2.24, 2.45) is 23.5 Å². The minimum atomic E-state index is -0.765. The number of carbonyl (C=O) groups excluding carboxylic acids is 1. The number of aliphatic hydroxyl groups excluding tert-OH is 1. The molecule has 0 saturated carbocycles. The summed E-state index contributed by atoms with van der Waals surface area (Å²) in [6, 6.07) is 0. The second kappa shape index (κ2) is 13.8. The summed E-state index contributed by atoms with van der Waals surface area (Å²) >= 11 is 0. The molecule has 12 bridgehead atoms. The predicted octanol–water partition coefficient (Wildman–Crippen LogP) is 4.06. The fraction of sp³-hybridized carbons (Fsp3) is 0.875. The van der Waals surface area contributed by atoms with Gasteiger partial charge in [-0.15, -0.1) is 0 Å². The number of rotatable bonds is 3. The first kappa shape index (κ1) is 35.5. The molecule has 3 N–H and O–H groups in total. The summed E-state index contributed by atoms with van der Waals surface area (Å²) in [6.07, 6.45) is 6.43. The van der Waals surface area contributed by atoms with Crippen molar-refractivity contribution in [2.45, 2.75) is 195 Å². The van der Waals surface area contributed by atoms with Crippen LogP contribution in [-0.4, -0.2) is 115 Å². The van der Waals surface area contributed by atoms with Crippen molar-refractivity contribution in [1.29, 1.82) is 0 Å². The van der Waals surface area contributed by atoms with Crippen LogP contribution >= 0.6 is 0 Å². The highest BCUT2D eigenvalue weighted by atomic mass is 16.8. The van der Waals surface area contributed by atoms with E-state index in [4.69, 9.17) is 43.6 Å². The highest BCUT2D eigenvalue weighted by molar-refractivity contribution is 5.79. The van der Waals surface area contributed by atoms with Crippen molar-refractivity contribution >= 4 is 5.78 Å². The molecule has 11 nitrogen and oxygen atoms in total. The predicted molar refractivity (Wildman–Crippen MR) is 185 cm³/mol. The molecular weight excluding hydrogens is 654 g/mol. The second-order valence-corrected chi connectivity index (χ2v) is 17.6. The van der Waals surface area contributed by atoms with Crippen LogP contribution < -0.4 is 5.73 Å². The van der Waals surface area contributed by atoms with E-state index < -0.39 is 11.9 Å². The maximum absolute atomic E-state index is 14.0. The fourth-order valence-corrected chi connectivity index (χ4v) is 11.3. The molecule has 0 aromatic carbocycles. The van der Waals surface area contributed by atoms with Gasteiger partial charge in [0, 0.05) is 45.1 Å². The molecule has 0 radical (unpaired) electrons. The number of ether oxygens (including phenoxy) is 8. The van der Waals surface area contributed by atoms with Gasteiger partial charge in [0.2, 0.25) is 0 Å². The van der Waals surface area contributed by atoms with E-state index in [-0.39, 0.29) is 110 Å². The summed E-state index contributed by atoms with van der Waals surface area (Å²) in [4.78, 5) is 14.0. The Morgan fingerprint density at radius 3 is 2.35 bits per heavy atom. The zero-order chi connectivity index (χ0) is 35.2. The summed E-state index contributed by atoms with van der Waals surface area (Å²) < 4.78 is 54.0. The lowest BCUT2D eigenvalue weighted by molar-refractivity contribution is -0.292. The highest BCUT2D eigenvalue weighted by Gasteiger charge is 2.68. The summed E-state index contributed by atoms with van der Waals surface area (Å²) in [5.74, 6) is -0.222. The zero-order valence-electron chi connectivity index (χ0n) is 30.4. The van der Waals surface area contributed by atoms with E-state index in [1.807, 2.05) is 0 Å². The molecule has 10 rings (SSSR count). The Labute approximate surface area is 302 Å². The first-order valence-electron chi connectivity index (χ1n) is 20.1. The number of Topliss-reactive ketones (excluding diaryl/α,β-unsaturated/α-hetero) is 1. The van der Waals surface area contributed by atoms with Crippen LogP contribution in [0.25, 0.3) is 0 Å². The number of nitrogens with two attached hydrogens (primary N) is 1. The first-order chi connectivity index (χ1) is 24.6. The van der Waals surface area contributed by atoms with Gasteiger partial charge >= 0.3 is 0 Å². The Hall–Kier alpha value is -1.25. The minimum Gasteiger partial charge on any atom is -0.392 e. The maximum atomic E-state index is 14.0. The van der Waals surface area contributed by atoms with Crippen LogP contribution in [-0.2, 0) is 42.7 Å². The number of aliphatic hydroxyl groups is 1. The minimum absolute atomic E-state index is 0.00127. The van der Waals surface area contributed by atoms with E-state index in [1.165, 1.54) is 0 Å². The Bertz CT molecular complexity index is 1360. The van der Waals surface area contributed by atoms with Gasteiger partial charge in [0.1, 0.15) is 36.3 Å². The van der Waals surface area contributed by atoms with Gasteiger partial charge in [-0.3, -0.25) is 4.79 Å². The van der Waals surface area contributed by atoms with Crippen LogP contribution in [0.1, 0.15) is 97.3 Å². The van der Waals surface area contributed by atoms with E-state index >= 15 is 0 Å². The van der Waals surface area contributed by atoms with E-state index in [2.05, 4.69) is 27.0 Å². The number of ketones is 1. The molecular formula is C40H59NO10. The smallest absolute Gasteiger partial charge is 0.172 e. The zero-order valence-corrected chi connectivity index (χ0v) is 30.4. The van der Waals surface area contributed by atoms with Crippen molar-refractivity contribution in [3.63, 3.8) is 0 Å². The van der Waals surface area contributed by atoms with Crippen LogP contribution in [0.5, 0.6) is 0 Å². The number of carbonyl (C=O) groups is 1. The molecule has 10 heterocycles. The SMILES string of the molecule is C=C1CC2CC[C@@]34C[C@H]5O[C@H]6[C@@H](O3)[C@H]3OC(CC[C@@H]3O[C@H]6C5O4)CC(=O)C[C@H]3C(C[C@H]4OC(CC[C@@H]1O2)C[C@@H](C)C4=C)O[C@H](C[C@@H](O)CN)[C@@H]3C. The lowest BCUT2D eigenvalue weighted by Gasteiger charge is -2.47. The average molecular weight is 714 g/mol. The van der Waals surface area contributed by atoms with Crippen LogP contribution in [0.15, 0.2) is 24.3 Å². The van der Waals surface area contributed by atoms with E-state index in [9.17, 15) is 9.90 Å². The molecule has 10 aliphatic heterocycles. The molecule has 10 fully saturated rings. The molecule has 11 heteroatoms. The molecule has 0 aromatic rings. The molecule has 10 saturated heterocycles. The van der Waals surface area contributed by atoms with E-state index in [1.54, 1.807) is 0 Å². The number of hydrogen-bond acceptors (Lipinski definition) is 11. The van der Waals surface area contributed by atoms with E-state index in [0.29, 0.717) is 44.4 Å². The Morgan fingerprint density at radius 2 is 1.51 bits per heavy atom. The third-order valence-corrected chi connectivity index (χ3v) is 14.2. The van der Waals surface area contributed by atoms with Crippen molar-refractivity contribution < 1.29 is 47.8 Å². The number of fused-ring (bicyclic) bond motifs is 6. The highest BCUT2D eigenvalue weighted by Crippen LogP contribution is 2.54. The van der Waals surface area contributed by atoms with Gasteiger partial charge in [-0.2, -0.15) is 0 Å². The van der Waals surface area contributed by atoms with Gasteiger partial charge in [-0.25, -0.2) is 0 Å². The van der Waals surface area contributed by atoms with Crippen LogP contribution in [0.2, 0.25) is 0 Å². The van der Waals surface area contributed by atoms with Gasteiger partial charge < -0.3 is 48.7 Å². The Balaban J connectivity index is 0.986. The van der Waals surface area contributed by atoms with Gasteiger partial charge in [-0.05, 0) is 73.8 Å². The normalized spacial score (nSPS) is 53.2. The summed E-state index contributed by atoms with van der Waals surface area (Å²) in [5, 5.41) is 10.5. The molecule has 1 spiro atoms. The van der Waals surface area contributed by atoms with Gasteiger partial charge in [0.25, 0.3) is 0 Å². The molecule has 19 atom stereocenters. The molecule has 51 heavy (non-hydrogen) atoms. The fourth-order valence-electron chi connectivity index (χ4n) is 11.3. The lowest BCUT2D eigenvalue weighted by atomic mass is 9.78. The molecule has 0 amide bonds. The Morgan fingerprint density at radius 1 is 0.765 bits per heavy atom. The largest absolute Gasteiger partial charge is 0.392 e. The monoisotopic (exact) mass is 713 g/mol. The number of hydrogen-bond donors (Lipinski definition) is 2. The molecule has 10 aliphatic rings. The summed E-state index contributed by atoms with van der Waals surface area (Å²) in [6.45, 7) is 13.5. The molecule has 5 unspecified atom stereocenters. The van der Waals surface area contributed by atoms with Crippen molar-refractivity contribution in [1.82, 2.24) is 0 Å².